The zero-order valence-electron chi connectivity index (χ0n) is 9.92. The number of hydrogen-bond donors (Lipinski definition) is 1. The lowest BCUT2D eigenvalue weighted by Gasteiger charge is -2.30. The number of hydrogen-bond acceptors (Lipinski definition) is 3. The molecule has 1 aromatic carbocycles. The van der Waals surface area contributed by atoms with Gasteiger partial charge in [-0.25, -0.2) is 8.42 Å². The second kappa shape index (κ2) is 5.85. The van der Waals surface area contributed by atoms with Gasteiger partial charge < -0.3 is 5.11 Å². The number of sulfonamides is 1. The van der Waals surface area contributed by atoms with Crippen LogP contribution in [0.1, 0.15) is 12.8 Å². The fourth-order valence-electron chi connectivity index (χ4n) is 2.15. The molecule has 2 rings (SSSR count). The van der Waals surface area contributed by atoms with E-state index >= 15 is 0 Å². The molecule has 0 radical (unpaired) electrons. The first-order valence-electron chi connectivity index (χ1n) is 5.90. The third-order valence-corrected chi connectivity index (χ3v) is 5.79. The Balaban J connectivity index is 2.22. The van der Waals surface area contributed by atoms with E-state index in [1.165, 1.54) is 4.31 Å². The van der Waals surface area contributed by atoms with Gasteiger partial charge in [-0.05, 0) is 65.6 Å². The van der Waals surface area contributed by atoms with Gasteiger partial charge >= 0.3 is 0 Å². The molecule has 6 heteroatoms. The van der Waals surface area contributed by atoms with Crippen LogP contribution in [0.15, 0.2) is 29.2 Å². The lowest BCUT2D eigenvalue weighted by atomic mass is 10.0. The van der Waals surface area contributed by atoms with Crippen molar-refractivity contribution in [3.05, 3.63) is 27.8 Å². The quantitative estimate of drug-likeness (QED) is 0.811. The summed E-state index contributed by atoms with van der Waals surface area (Å²) in [4.78, 5) is 0.335. The minimum atomic E-state index is -3.40. The molecule has 0 bridgehead atoms. The van der Waals surface area contributed by atoms with Gasteiger partial charge in [0.25, 0.3) is 0 Å². The molecule has 18 heavy (non-hydrogen) atoms. The molecular formula is C12H16INO3S. The smallest absolute Gasteiger partial charge is 0.243 e. The molecule has 0 amide bonds. The fourth-order valence-corrected chi connectivity index (χ4v) is 4.06. The summed E-state index contributed by atoms with van der Waals surface area (Å²) in [7, 11) is -3.40. The molecule has 1 unspecified atom stereocenters. The molecule has 4 nitrogen and oxygen atoms in total. The Labute approximate surface area is 121 Å². The van der Waals surface area contributed by atoms with Crippen molar-refractivity contribution in [2.45, 2.75) is 17.7 Å². The Morgan fingerprint density at radius 1 is 1.33 bits per heavy atom. The van der Waals surface area contributed by atoms with Gasteiger partial charge in [0.1, 0.15) is 0 Å². The zero-order valence-corrected chi connectivity index (χ0v) is 12.9. The average molecular weight is 381 g/mol. The van der Waals surface area contributed by atoms with Gasteiger partial charge in [-0.1, -0.05) is 0 Å². The molecule has 0 spiro atoms. The van der Waals surface area contributed by atoms with Crippen LogP contribution >= 0.6 is 22.6 Å². The maximum atomic E-state index is 12.4. The second-order valence-corrected chi connectivity index (χ2v) is 7.69. The number of nitrogens with zero attached hydrogens (tertiary/aromatic N) is 1. The van der Waals surface area contributed by atoms with Crippen molar-refractivity contribution in [3.63, 3.8) is 0 Å². The van der Waals surface area contributed by atoms with Gasteiger partial charge in [-0.3, -0.25) is 0 Å². The normalized spacial score (nSPS) is 22.0. The Morgan fingerprint density at radius 2 is 2.00 bits per heavy atom. The van der Waals surface area contributed by atoms with E-state index in [1.54, 1.807) is 24.3 Å². The zero-order chi connectivity index (χ0) is 13.2. The van der Waals surface area contributed by atoms with Crippen LogP contribution in [0.4, 0.5) is 0 Å². The van der Waals surface area contributed by atoms with Crippen molar-refractivity contribution in [1.29, 1.82) is 0 Å². The lowest BCUT2D eigenvalue weighted by Crippen LogP contribution is -2.40. The van der Waals surface area contributed by atoms with Crippen molar-refractivity contribution in [1.82, 2.24) is 4.31 Å². The Hall–Kier alpha value is -0.180. The van der Waals surface area contributed by atoms with Crippen LogP contribution in [0.3, 0.4) is 0 Å². The summed E-state index contributed by atoms with van der Waals surface area (Å²) in [5.41, 5.74) is 0. The van der Waals surface area contributed by atoms with Crippen molar-refractivity contribution in [3.8, 4) is 0 Å². The van der Waals surface area contributed by atoms with E-state index < -0.39 is 10.0 Å². The highest BCUT2D eigenvalue weighted by atomic mass is 127. The third-order valence-electron chi connectivity index (χ3n) is 3.19. The van der Waals surface area contributed by atoms with Gasteiger partial charge in [-0.2, -0.15) is 4.31 Å². The maximum absolute atomic E-state index is 12.4. The molecule has 1 aromatic rings. The molecule has 100 valence electrons. The fraction of sp³-hybridized carbons (Fsp3) is 0.500. The number of aliphatic hydroxyl groups is 1. The minimum Gasteiger partial charge on any atom is -0.396 e. The predicted octanol–water partition coefficient (Wildman–Crippen LogP) is 1.68. The summed E-state index contributed by atoms with van der Waals surface area (Å²) in [5, 5.41) is 9.16. The van der Waals surface area contributed by atoms with Gasteiger partial charge in [0.05, 0.1) is 4.90 Å². The number of benzene rings is 1. The highest BCUT2D eigenvalue weighted by Crippen LogP contribution is 2.23. The SMILES string of the molecule is O=S(=O)(c1ccc(I)cc1)N1CCCC(CO)C1. The summed E-state index contributed by atoms with van der Waals surface area (Å²) >= 11 is 2.15. The Morgan fingerprint density at radius 3 is 2.61 bits per heavy atom. The summed E-state index contributed by atoms with van der Waals surface area (Å²) in [6.07, 6.45) is 1.71. The van der Waals surface area contributed by atoms with Crippen LogP contribution < -0.4 is 0 Å². The van der Waals surface area contributed by atoms with Crippen molar-refractivity contribution in [2.24, 2.45) is 5.92 Å². The summed E-state index contributed by atoms with van der Waals surface area (Å²) < 4.78 is 27.3. The number of rotatable bonds is 3. The summed E-state index contributed by atoms with van der Waals surface area (Å²) in [5.74, 6) is 0.0670. The first-order chi connectivity index (χ1) is 8.54. The molecule has 1 aliphatic rings. The Bertz CT molecular complexity index is 501. The van der Waals surface area contributed by atoms with Crippen LogP contribution in [0.5, 0.6) is 0 Å². The topological polar surface area (TPSA) is 57.6 Å². The van der Waals surface area contributed by atoms with Crippen LogP contribution in [0, 0.1) is 9.49 Å². The standard InChI is InChI=1S/C12H16INO3S/c13-11-3-5-12(6-4-11)18(16,17)14-7-1-2-10(8-14)9-15/h3-6,10,15H,1-2,7-9H2. The molecule has 1 N–H and O–H groups in total. The van der Waals surface area contributed by atoms with E-state index in [4.69, 9.17) is 5.11 Å². The molecule has 1 heterocycles. The summed E-state index contributed by atoms with van der Waals surface area (Å²) in [6, 6.07) is 6.86. The monoisotopic (exact) mass is 381 g/mol. The maximum Gasteiger partial charge on any atom is 0.243 e. The van der Waals surface area contributed by atoms with Gasteiger partial charge in [-0.15, -0.1) is 0 Å². The van der Waals surface area contributed by atoms with Crippen LogP contribution in [0.25, 0.3) is 0 Å². The molecule has 1 atom stereocenters. The largest absolute Gasteiger partial charge is 0.396 e. The molecule has 1 aliphatic heterocycles. The average Bonchev–Trinajstić information content (AvgIpc) is 2.39. The van der Waals surface area contributed by atoms with E-state index in [9.17, 15) is 8.42 Å². The van der Waals surface area contributed by atoms with E-state index in [0.717, 1.165) is 16.4 Å². The second-order valence-electron chi connectivity index (χ2n) is 4.51. The van der Waals surface area contributed by atoms with Crippen LogP contribution in [0.2, 0.25) is 0 Å². The number of halogens is 1. The molecule has 0 aromatic heterocycles. The van der Waals surface area contributed by atoms with E-state index in [-0.39, 0.29) is 12.5 Å². The van der Waals surface area contributed by atoms with Crippen LogP contribution in [-0.2, 0) is 10.0 Å². The minimum absolute atomic E-state index is 0.0543. The van der Waals surface area contributed by atoms with E-state index in [2.05, 4.69) is 22.6 Å². The number of aliphatic hydroxyl groups excluding tert-OH is 1. The van der Waals surface area contributed by atoms with E-state index in [0.29, 0.717) is 18.0 Å². The molecule has 1 fully saturated rings. The molecule has 0 saturated carbocycles. The molecular weight excluding hydrogens is 365 g/mol. The highest BCUT2D eigenvalue weighted by Gasteiger charge is 2.29. The first-order valence-corrected chi connectivity index (χ1v) is 8.42. The van der Waals surface area contributed by atoms with Gasteiger partial charge in [0, 0.05) is 23.3 Å². The van der Waals surface area contributed by atoms with Crippen molar-refractivity contribution < 1.29 is 13.5 Å². The van der Waals surface area contributed by atoms with Gasteiger partial charge in [0.15, 0.2) is 0 Å². The highest BCUT2D eigenvalue weighted by molar-refractivity contribution is 14.1. The third kappa shape index (κ3) is 3.04. The first kappa shape index (κ1) is 14.2. The van der Waals surface area contributed by atoms with Crippen LogP contribution in [-0.4, -0.2) is 37.5 Å². The Kier molecular flexibility index (Phi) is 4.63. The number of piperidine rings is 1. The predicted molar refractivity (Wildman–Crippen MR) is 77.7 cm³/mol. The molecule has 1 saturated heterocycles. The molecule has 0 aliphatic carbocycles. The van der Waals surface area contributed by atoms with Crippen molar-refractivity contribution >= 4 is 32.6 Å². The van der Waals surface area contributed by atoms with Crippen molar-refractivity contribution in [2.75, 3.05) is 19.7 Å². The van der Waals surface area contributed by atoms with Gasteiger partial charge in [0.2, 0.25) is 10.0 Å². The van der Waals surface area contributed by atoms with E-state index in [1.807, 2.05) is 0 Å². The summed E-state index contributed by atoms with van der Waals surface area (Å²) in [6.45, 7) is 1.02. The lowest BCUT2D eigenvalue weighted by molar-refractivity contribution is 0.165.